The van der Waals surface area contributed by atoms with Gasteiger partial charge in [-0.25, -0.2) is 0 Å². The Morgan fingerprint density at radius 3 is 2.67 bits per heavy atom. The first-order valence-electron chi connectivity index (χ1n) is 9.84. The van der Waals surface area contributed by atoms with Crippen LogP contribution in [-0.4, -0.2) is 53.5 Å². The van der Waals surface area contributed by atoms with Crippen molar-refractivity contribution in [1.29, 1.82) is 0 Å². The van der Waals surface area contributed by atoms with Gasteiger partial charge in [-0.3, -0.25) is 4.79 Å². The highest BCUT2D eigenvalue weighted by molar-refractivity contribution is 6.08. The van der Waals surface area contributed by atoms with Gasteiger partial charge in [-0.1, -0.05) is 24.3 Å². The van der Waals surface area contributed by atoms with Crippen molar-refractivity contribution in [3.63, 3.8) is 0 Å². The fourth-order valence-electron chi connectivity index (χ4n) is 4.06. The number of para-hydroxylation sites is 1. The summed E-state index contributed by atoms with van der Waals surface area (Å²) in [6.45, 7) is 6.78. The van der Waals surface area contributed by atoms with E-state index in [-0.39, 0.29) is 5.91 Å². The van der Waals surface area contributed by atoms with E-state index in [1.807, 2.05) is 11.0 Å². The molecule has 1 fully saturated rings. The molecule has 4 rings (SSSR count). The van der Waals surface area contributed by atoms with Crippen LogP contribution in [0.25, 0.3) is 27.9 Å². The Morgan fingerprint density at radius 2 is 1.81 bits per heavy atom. The van der Waals surface area contributed by atoms with Crippen LogP contribution in [0.3, 0.4) is 0 Å². The number of rotatable bonds is 3. The molecule has 27 heavy (non-hydrogen) atoms. The maximum atomic E-state index is 12.6. The third-order valence-corrected chi connectivity index (χ3v) is 5.56. The number of fused-ring (bicyclic) bond motifs is 3. The van der Waals surface area contributed by atoms with Crippen LogP contribution in [0, 0.1) is 0 Å². The van der Waals surface area contributed by atoms with Crippen molar-refractivity contribution < 1.29 is 4.79 Å². The molecule has 2 aromatic carbocycles. The largest absolute Gasteiger partial charge is 0.341 e. The summed E-state index contributed by atoms with van der Waals surface area (Å²) in [5, 5.41) is 2.52. The Morgan fingerprint density at radius 1 is 1.00 bits per heavy atom. The number of nitrogens with zero attached hydrogens (tertiary/aromatic N) is 3. The molecule has 0 unspecified atom stereocenters. The van der Waals surface area contributed by atoms with Crippen LogP contribution in [0.4, 0.5) is 0 Å². The lowest BCUT2D eigenvalue weighted by atomic mass is 10.1. The molecule has 2 heterocycles. The zero-order valence-electron chi connectivity index (χ0n) is 16.2. The number of hydrogen-bond donors (Lipinski definition) is 0. The van der Waals surface area contributed by atoms with Crippen molar-refractivity contribution in [2.75, 3.05) is 33.2 Å². The normalized spacial score (nSPS) is 16.4. The average molecular weight is 361 g/mol. The second-order valence-corrected chi connectivity index (χ2v) is 7.35. The van der Waals surface area contributed by atoms with Crippen LogP contribution in [0.15, 0.2) is 48.5 Å². The van der Waals surface area contributed by atoms with E-state index in [4.69, 9.17) is 0 Å². The average Bonchev–Trinajstić information content (AvgIpc) is 2.84. The molecule has 1 aromatic heterocycles. The molecule has 0 N–H and O–H groups in total. The first-order valence-corrected chi connectivity index (χ1v) is 9.84. The molecule has 0 spiro atoms. The smallest absolute Gasteiger partial charge is 0.246 e. The second kappa shape index (κ2) is 7.57. The number of likely N-dealkylation sites (N-methyl/N-ethyl adjacent to an activating group) is 1. The van der Waals surface area contributed by atoms with E-state index in [1.165, 1.54) is 21.8 Å². The summed E-state index contributed by atoms with van der Waals surface area (Å²) in [5.41, 5.74) is 3.58. The molecular weight excluding hydrogens is 334 g/mol. The molecular formula is C23H27N3O. The number of aryl methyl sites for hydroxylation is 1. The van der Waals surface area contributed by atoms with Gasteiger partial charge in [0.25, 0.3) is 0 Å². The van der Waals surface area contributed by atoms with Crippen molar-refractivity contribution in [1.82, 2.24) is 14.4 Å². The van der Waals surface area contributed by atoms with E-state index >= 15 is 0 Å². The minimum absolute atomic E-state index is 0.112. The van der Waals surface area contributed by atoms with E-state index < -0.39 is 0 Å². The molecule has 1 saturated heterocycles. The highest BCUT2D eigenvalue weighted by Gasteiger charge is 2.15. The highest BCUT2D eigenvalue weighted by Crippen LogP contribution is 2.29. The Hall–Kier alpha value is -2.59. The van der Waals surface area contributed by atoms with E-state index in [1.54, 1.807) is 6.08 Å². The summed E-state index contributed by atoms with van der Waals surface area (Å²) in [7, 11) is 2.12. The van der Waals surface area contributed by atoms with Gasteiger partial charge < -0.3 is 14.4 Å². The zero-order valence-corrected chi connectivity index (χ0v) is 16.2. The van der Waals surface area contributed by atoms with E-state index in [0.29, 0.717) is 0 Å². The van der Waals surface area contributed by atoms with Crippen LogP contribution in [0.5, 0.6) is 0 Å². The maximum Gasteiger partial charge on any atom is 0.246 e. The van der Waals surface area contributed by atoms with Gasteiger partial charge in [0, 0.05) is 54.1 Å². The van der Waals surface area contributed by atoms with Gasteiger partial charge in [0.05, 0.1) is 0 Å². The topological polar surface area (TPSA) is 28.5 Å². The quantitative estimate of drug-likeness (QED) is 0.660. The molecule has 4 nitrogen and oxygen atoms in total. The predicted octanol–water partition coefficient (Wildman–Crippen LogP) is 3.99. The summed E-state index contributed by atoms with van der Waals surface area (Å²) in [6.07, 6.45) is 4.72. The van der Waals surface area contributed by atoms with Crippen molar-refractivity contribution in [2.24, 2.45) is 0 Å². The number of amides is 1. The van der Waals surface area contributed by atoms with E-state index in [0.717, 1.165) is 44.7 Å². The number of carbonyl (C=O) groups excluding carboxylic acids is 1. The van der Waals surface area contributed by atoms with Crippen LogP contribution in [-0.2, 0) is 11.3 Å². The zero-order chi connectivity index (χ0) is 18.8. The van der Waals surface area contributed by atoms with Crippen LogP contribution < -0.4 is 0 Å². The molecule has 0 aliphatic carbocycles. The van der Waals surface area contributed by atoms with Gasteiger partial charge in [0.15, 0.2) is 0 Å². The lowest BCUT2D eigenvalue weighted by molar-refractivity contribution is -0.125. The summed E-state index contributed by atoms with van der Waals surface area (Å²) >= 11 is 0. The van der Waals surface area contributed by atoms with Crippen molar-refractivity contribution >= 4 is 33.8 Å². The van der Waals surface area contributed by atoms with Crippen LogP contribution in [0.1, 0.15) is 18.9 Å². The monoisotopic (exact) mass is 361 g/mol. The Kier molecular flexibility index (Phi) is 4.99. The third kappa shape index (κ3) is 3.50. The molecule has 1 aliphatic heterocycles. The first kappa shape index (κ1) is 17.8. The molecule has 140 valence electrons. The van der Waals surface area contributed by atoms with E-state index in [2.05, 4.69) is 65.9 Å². The molecule has 0 saturated carbocycles. The minimum Gasteiger partial charge on any atom is -0.341 e. The Balaban J connectivity index is 1.61. The fraction of sp³-hybridized carbons (Fsp3) is 0.348. The molecule has 3 aromatic rings. The standard InChI is InChI=1S/C23H27N3O/c1-3-26-21-8-5-4-7-19(21)20-17-18(9-11-22(20)26)10-12-23(27)25-14-6-13-24(2)15-16-25/h4-5,7-12,17H,3,6,13-16H2,1-2H3/b12-10+. The molecule has 1 aliphatic rings. The van der Waals surface area contributed by atoms with Gasteiger partial charge in [-0.15, -0.1) is 0 Å². The van der Waals surface area contributed by atoms with Gasteiger partial charge in [-0.2, -0.15) is 0 Å². The molecule has 0 bridgehead atoms. The SMILES string of the molecule is CCn1c2ccccc2c2cc(/C=C/C(=O)N3CCCN(C)CC3)ccc21. The van der Waals surface area contributed by atoms with Crippen molar-refractivity contribution in [3.05, 3.63) is 54.1 Å². The van der Waals surface area contributed by atoms with Gasteiger partial charge in [0.2, 0.25) is 5.91 Å². The summed E-state index contributed by atoms with van der Waals surface area (Å²) in [4.78, 5) is 16.8. The van der Waals surface area contributed by atoms with Gasteiger partial charge >= 0.3 is 0 Å². The maximum absolute atomic E-state index is 12.6. The molecule has 0 atom stereocenters. The predicted molar refractivity (Wildman–Crippen MR) is 113 cm³/mol. The highest BCUT2D eigenvalue weighted by atomic mass is 16.2. The van der Waals surface area contributed by atoms with Crippen molar-refractivity contribution in [2.45, 2.75) is 19.9 Å². The second-order valence-electron chi connectivity index (χ2n) is 7.35. The summed E-state index contributed by atoms with van der Waals surface area (Å²) in [5.74, 6) is 0.112. The van der Waals surface area contributed by atoms with Crippen LogP contribution >= 0.6 is 0 Å². The lowest BCUT2D eigenvalue weighted by Crippen LogP contribution is -2.33. The van der Waals surface area contributed by atoms with Crippen molar-refractivity contribution in [3.8, 4) is 0 Å². The Labute approximate surface area is 160 Å². The lowest BCUT2D eigenvalue weighted by Gasteiger charge is -2.18. The number of aromatic nitrogens is 1. The first-order chi connectivity index (χ1) is 13.2. The van der Waals surface area contributed by atoms with Gasteiger partial charge in [0.1, 0.15) is 0 Å². The number of hydrogen-bond acceptors (Lipinski definition) is 2. The van der Waals surface area contributed by atoms with Gasteiger partial charge in [-0.05, 0) is 56.8 Å². The molecule has 0 radical (unpaired) electrons. The molecule has 1 amide bonds. The summed E-state index contributed by atoms with van der Waals surface area (Å²) in [6, 6.07) is 15.0. The third-order valence-electron chi connectivity index (χ3n) is 5.56. The Bertz CT molecular complexity index is 1000. The number of carbonyl (C=O) groups is 1. The summed E-state index contributed by atoms with van der Waals surface area (Å²) < 4.78 is 2.34. The molecule has 4 heteroatoms. The van der Waals surface area contributed by atoms with Crippen LogP contribution in [0.2, 0.25) is 0 Å². The van der Waals surface area contributed by atoms with E-state index in [9.17, 15) is 4.79 Å². The fourth-order valence-corrected chi connectivity index (χ4v) is 4.06. The number of benzene rings is 2. The minimum atomic E-state index is 0.112.